The maximum absolute atomic E-state index is 12.5. The molecule has 0 saturated carbocycles. The van der Waals surface area contributed by atoms with Gasteiger partial charge in [0.15, 0.2) is 0 Å². The number of rotatable bonds is 5. The van der Waals surface area contributed by atoms with Crippen molar-refractivity contribution in [1.82, 2.24) is 9.78 Å². The number of aromatic nitrogens is 2. The fourth-order valence-electron chi connectivity index (χ4n) is 1.06. The molecule has 0 unspecified atom stereocenters. The second kappa shape index (κ2) is 5.55. The summed E-state index contributed by atoms with van der Waals surface area (Å²) in [5.74, 6) is 0.381. The van der Waals surface area contributed by atoms with Gasteiger partial charge in [0.25, 0.3) is 0 Å². The average molecular weight is 283 g/mol. The number of alkyl halides is 2. The first kappa shape index (κ1) is 12.6. The Balaban J connectivity index is 2.62. The summed E-state index contributed by atoms with van der Waals surface area (Å²) in [6, 6.07) is 0. The predicted octanol–water partition coefficient (Wildman–Crippen LogP) is 3.21. The number of ether oxygens (including phenoxy) is 1. The van der Waals surface area contributed by atoms with Gasteiger partial charge in [0, 0.05) is 6.61 Å². The lowest BCUT2D eigenvalue weighted by Crippen LogP contribution is -2.09. The zero-order valence-electron chi connectivity index (χ0n) is 8.58. The molecule has 3 nitrogen and oxygen atoms in total. The lowest BCUT2D eigenvalue weighted by atomic mass is 10.2. The second-order valence-electron chi connectivity index (χ2n) is 3.57. The van der Waals surface area contributed by atoms with Crippen LogP contribution in [-0.2, 0) is 11.3 Å². The number of nitrogens with zero attached hydrogens (tertiary/aromatic N) is 2. The van der Waals surface area contributed by atoms with Gasteiger partial charge in [0.1, 0.15) is 0 Å². The van der Waals surface area contributed by atoms with Crippen molar-refractivity contribution in [2.24, 2.45) is 5.92 Å². The molecule has 0 aliphatic carbocycles. The molecule has 0 atom stereocenters. The third-order valence-corrected chi connectivity index (χ3v) is 2.38. The predicted molar refractivity (Wildman–Crippen MR) is 55.7 cm³/mol. The summed E-state index contributed by atoms with van der Waals surface area (Å²) in [5.41, 5.74) is 0.366. The van der Waals surface area contributed by atoms with E-state index in [4.69, 9.17) is 4.74 Å². The van der Waals surface area contributed by atoms with Crippen molar-refractivity contribution >= 4 is 15.9 Å². The molecule has 15 heavy (non-hydrogen) atoms. The van der Waals surface area contributed by atoms with Gasteiger partial charge >= 0.3 is 6.55 Å². The first-order valence-electron chi connectivity index (χ1n) is 4.60. The monoisotopic (exact) mass is 282 g/mol. The van der Waals surface area contributed by atoms with Crippen LogP contribution in [0.1, 0.15) is 26.1 Å². The Bertz CT molecular complexity index is 315. The largest absolute Gasteiger partial charge is 0.375 e. The molecule has 6 heteroatoms. The van der Waals surface area contributed by atoms with Crippen molar-refractivity contribution in [3.05, 3.63) is 16.4 Å². The summed E-state index contributed by atoms with van der Waals surface area (Å²) in [6.07, 6.45) is 1.35. The Labute approximate surface area is 95.5 Å². The van der Waals surface area contributed by atoms with Gasteiger partial charge < -0.3 is 4.74 Å². The zero-order valence-corrected chi connectivity index (χ0v) is 10.2. The quantitative estimate of drug-likeness (QED) is 0.829. The Hall–Kier alpha value is -0.490. The SMILES string of the molecule is CC(C)COCc1c(Br)cnn1C(F)F. The highest BCUT2D eigenvalue weighted by Gasteiger charge is 2.15. The van der Waals surface area contributed by atoms with Crippen LogP contribution >= 0.6 is 15.9 Å². The summed E-state index contributed by atoms with van der Waals surface area (Å²) in [7, 11) is 0. The van der Waals surface area contributed by atoms with E-state index in [1.807, 2.05) is 13.8 Å². The van der Waals surface area contributed by atoms with E-state index in [2.05, 4.69) is 21.0 Å². The van der Waals surface area contributed by atoms with Crippen molar-refractivity contribution in [2.75, 3.05) is 6.61 Å². The van der Waals surface area contributed by atoms with Crippen LogP contribution < -0.4 is 0 Å². The van der Waals surface area contributed by atoms with Gasteiger partial charge in [0.2, 0.25) is 0 Å². The molecule has 0 aromatic carbocycles. The van der Waals surface area contributed by atoms with Crippen LogP contribution in [0, 0.1) is 5.92 Å². The standard InChI is InChI=1S/C9H13BrF2N2O/c1-6(2)4-15-5-8-7(10)3-13-14(8)9(11)12/h3,6,9H,4-5H2,1-2H3. The van der Waals surface area contributed by atoms with Crippen LogP contribution in [0.5, 0.6) is 0 Å². The molecule has 1 aromatic heterocycles. The molecular weight excluding hydrogens is 270 g/mol. The molecule has 0 amide bonds. The molecule has 0 spiro atoms. The second-order valence-corrected chi connectivity index (χ2v) is 4.42. The minimum atomic E-state index is -2.63. The molecule has 86 valence electrons. The van der Waals surface area contributed by atoms with Crippen molar-refractivity contribution in [3.8, 4) is 0 Å². The lowest BCUT2D eigenvalue weighted by Gasteiger charge is -2.09. The van der Waals surface area contributed by atoms with Gasteiger partial charge in [-0.1, -0.05) is 13.8 Å². The van der Waals surface area contributed by atoms with Gasteiger partial charge in [0.05, 0.1) is 23.0 Å². The van der Waals surface area contributed by atoms with E-state index in [1.165, 1.54) is 6.20 Å². The van der Waals surface area contributed by atoms with E-state index >= 15 is 0 Å². The van der Waals surface area contributed by atoms with E-state index in [1.54, 1.807) is 0 Å². The molecule has 1 rings (SSSR count). The van der Waals surface area contributed by atoms with E-state index in [-0.39, 0.29) is 6.61 Å². The first-order valence-corrected chi connectivity index (χ1v) is 5.39. The van der Waals surface area contributed by atoms with Crippen LogP contribution in [0.15, 0.2) is 10.7 Å². The van der Waals surface area contributed by atoms with Crippen LogP contribution in [-0.4, -0.2) is 16.4 Å². The van der Waals surface area contributed by atoms with Gasteiger partial charge in [-0.15, -0.1) is 0 Å². The average Bonchev–Trinajstić information content (AvgIpc) is 2.47. The number of hydrogen-bond donors (Lipinski definition) is 0. The molecular formula is C9H13BrF2N2O. The third-order valence-electron chi connectivity index (χ3n) is 1.72. The van der Waals surface area contributed by atoms with Crippen molar-refractivity contribution in [2.45, 2.75) is 27.0 Å². The van der Waals surface area contributed by atoms with Crippen molar-refractivity contribution in [1.29, 1.82) is 0 Å². The van der Waals surface area contributed by atoms with E-state index in [0.29, 0.717) is 27.4 Å². The smallest absolute Gasteiger partial charge is 0.333 e. The Kier molecular flexibility index (Phi) is 4.66. The third kappa shape index (κ3) is 3.53. The normalized spacial score (nSPS) is 11.7. The molecule has 0 aliphatic heterocycles. The van der Waals surface area contributed by atoms with E-state index in [9.17, 15) is 8.78 Å². The maximum atomic E-state index is 12.5. The summed E-state index contributed by atoms with van der Waals surface area (Å²) < 4.78 is 31.4. The van der Waals surface area contributed by atoms with Crippen LogP contribution in [0.2, 0.25) is 0 Å². The molecule has 0 saturated heterocycles. The molecule has 0 radical (unpaired) electrons. The van der Waals surface area contributed by atoms with Crippen molar-refractivity contribution in [3.63, 3.8) is 0 Å². The summed E-state index contributed by atoms with van der Waals surface area (Å²) >= 11 is 3.16. The molecule has 0 aliphatic rings. The highest BCUT2D eigenvalue weighted by atomic mass is 79.9. The van der Waals surface area contributed by atoms with Gasteiger partial charge in [-0.2, -0.15) is 13.9 Å². The van der Waals surface area contributed by atoms with E-state index < -0.39 is 6.55 Å². The van der Waals surface area contributed by atoms with E-state index in [0.717, 1.165) is 0 Å². The van der Waals surface area contributed by atoms with Gasteiger partial charge in [-0.05, 0) is 21.8 Å². The van der Waals surface area contributed by atoms with Crippen molar-refractivity contribution < 1.29 is 13.5 Å². The topological polar surface area (TPSA) is 27.1 Å². The zero-order chi connectivity index (χ0) is 11.4. The maximum Gasteiger partial charge on any atom is 0.333 e. The first-order chi connectivity index (χ1) is 7.02. The molecule has 0 bridgehead atoms. The Morgan fingerprint density at radius 2 is 2.20 bits per heavy atom. The Morgan fingerprint density at radius 3 is 2.73 bits per heavy atom. The Morgan fingerprint density at radius 1 is 1.53 bits per heavy atom. The van der Waals surface area contributed by atoms with Gasteiger partial charge in [-0.3, -0.25) is 0 Å². The minimum Gasteiger partial charge on any atom is -0.375 e. The summed E-state index contributed by atoms with van der Waals surface area (Å²) in [6.45, 7) is 2.05. The fraction of sp³-hybridized carbons (Fsp3) is 0.667. The minimum absolute atomic E-state index is 0.142. The van der Waals surface area contributed by atoms with Crippen LogP contribution in [0.4, 0.5) is 8.78 Å². The number of halogens is 3. The van der Waals surface area contributed by atoms with Crippen LogP contribution in [0.3, 0.4) is 0 Å². The molecule has 0 fully saturated rings. The molecule has 0 N–H and O–H groups in total. The summed E-state index contributed by atoms with van der Waals surface area (Å²) in [4.78, 5) is 0. The fourth-order valence-corrected chi connectivity index (χ4v) is 1.45. The highest BCUT2D eigenvalue weighted by Crippen LogP contribution is 2.22. The van der Waals surface area contributed by atoms with Gasteiger partial charge in [-0.25, -0.2) is 4.68 Å². The molecule has 1 aromatic rings. The lowest BCUT2D eigenvalue weighted by molar-refractivity contribution is 0.0376. The number of hydrogen-bond acceptors (Lipinski definition) is 2. The molecule has 1 heterocycles. The highest BCUT2D eigenvalue weighted by molar-refractivity contribution is 9.10. The summed E-state index contributed by atoms with van der Waals surface area (Å²) in [5, 5.41) is 3.55. The van der Waals surface area contributed by atoms with Crippen LogP contribution in [0.25, 0.3) is 0 Å².